The van der Waals surface area contributed by atoms with Crippen LogP contribution in [-0.2, 0) is 4.79 Å². The van der Waals surface area contributed by atoms with Crippen molar-refractivity contribution in [3.8, 4) is 0 Å². The summed E-state index contributed by atoms with van der Waals surface area (Å²) in [6, 6.07) is 1.40. The summed E-state index contributed by atoms with van der Waals surface area (Å²) in [5.74, 6) is 2.43. The number of amides is 1. The van der Waals surface area contributed by atoms with Gasteiger partial charge in [-0.25, -0.2) is 0 Å². The van der Waals surface area contributed by atoms with Gasteiger partial charge in [0.05, 0.1) is 0 Å². The first-order chi connectivity index (χ1) is 9.70. The minimum atomic E-state index is 0. The van der Waals surface area contributed by atoms with Gasteiger partial charge in [0.2, 0.25) is 5.91 Å². The molecule has 4 atom stereocenters. The molecule has 122 valence electrons. The van der Waals surface area contributed by atoms with Gasteiger partial charge in [-0.2, -0.15) is 0 Å². The summed E-state index contributed by atoms with van der Waals surface area (Å²) in [7, 11) is 0. The molecule has 2 aliphatic heterocycles. The number of halogens is 1. The molecule has 2 heterocycles. The van der Waals surface area contributed by atoms with Crippen LogP contribution >= 0.6 is 12.4 Å². The Bertz CT molecular complexity index is 338. The van der Waals surface area contributed by atoms with E-state index in [1.165, 1.54) is 51.4 Å². The molecule has 2 bridgehead atoms. The van der Waals surface area contributed by atoms with Gasteiger partial charge in [-0.05, 0) is 49.9 Å². The standard InChI is InChI=1S/C17H30N2O.ClH/c1-12-4-2-3-5-14(12)11-18-17(20)10-13-8-15-6-7-16(9-13)19-15;/h12-16,19H,2-11H2,1H3,(H,18,20);1H. The molecule has 4 heteroatoms. The molecular weight excluding hydrogens is 284 g/mol. The minimum absolute atomic E-state index is 0. The first kappa shape index (κ1) is 17.1. The second kappa shape index (κ2) is 7.82. The maximum absolute atomic E-state index is 12.2. The first-order valence-electron chi connectivity index (χ1n) is 8.73. The molecule has 3 aliphatic rings. The lowest BCUT2D eigenvalue weighted by atomic mass is 9.80. The molecule has 2 N–H and O–H groups in total. The third-order valence-corrected chi connectivity index (χ3v) is 5.90. The van der Waals surface area contributed by atoms with Crippen LogP contribution in [0.25, 0.3) is 0 Å². The Labute approximate surface area is 135 Å². The van der Waals surface area contributed by atoms with E-state index in [2.05, 4.69) is 17.6 Å². The number of carbonyl (C=O) groups excluding carboxylic acids is 1. The summed E-state index contributed by atoms with van der Waals surface area (Å²) >= 11 is 0. The highest BCUT2D eigenvalue weighted by atomic mass is 35.5. The normalized spacial score (nSPS) is 38.6. The van der Waals surface area contributed by atoms with Crippen molar-refractivity contribution in [1.82, 2.24) is 10.6 Å². The van der Waals surface area contributed by atoms with E-state index in [-0.39, 0.29) is 12.4 Å². The van der Waals surface area contributed by atoms with Gasteiger partial charge < -0.3 is 10.6 Å². The topological polar surface area (TPSA) is 41.1 Å². The smallest absolute Gasteiger partial charge is 0.220 e. The van der Waals surface area contributed by atoms with Crippen LogP contribution in [0.3, 0.4) is 0 Å². The summed E-state index contributed by atoms with van der Waals surface area (Å²) in [5.41, 5.74) is 0. The van der Waals surface area contributed by atoms with Crippen molar-refractivity contribution in [3.05, 3.63) is 0 Å². The Balaban J connectivity index is 0.00000161. The van der Waals surface area contributed by atoms with E-state index >= 15 is 0 Å². The molecule has 3 nitrogen and oxygen atoms in total. The third kappa shape index (κ3) is 4.59. The maximum atomic E-state index is 12.2. The molecule has 21 heavy (non-hydrogen) atoms. The van der Waals surface area contributed by atoms with Crippen LogP contribution in [0, 0.1) is 17.8 Å². The van der Waals surface area contributed by atoms with E-state index in [1.54, 1.807) is 0 Å². The maximum Gasteiger partial charge on any atom is 0.220 e. The fourth-order valence-electron chi connectivity index (χ4n) is 4.62. The zero-order valence-corrected chi connectivity index (χ0v) is 14.1. The molecule has 0 radical (unpaired) electrons. The van der Waals surface area contributed by atoms with Crippen LogP contribution in [0.2, 0.25) is 0 Å². The van der Waals surface area contributed by atoms with Crippen molar-refractivity contribution in [2.24, 2.45) is 17.8 Å². The molecule has 0 aromatic heterocycles. The van der Waals surface area contributed by atoms with E-state index in [4.69, 9.17) is 0 Å². The molecule has 4 unspecified atom stereocenters. The number of hydrogen-bond donors (Lipinski definition) is 2. The number of fused-ring (bicyclic) bond motifs is 2. The lowest BCUT2D eigenvalue weighted by Crippen LogP contribution is -2.40. The quantitative estimate of drug-likeness (QED) is 0.836. The Morgan fingerprint density at radius 3 is 2.43 bits per heavy atom. The third-order valence-electron chi connectivity index (χ3n) is 5.90. The van der Waals surface area contributed by atoms with E-state index in [0.29, 0.717) is 23.9 Å². The second-order valence-corrected chi connectivity index (χ2v) is 7.51. The van der Waals surface area contributed by atoms with Gasteiger partial charge >= 0.3 is 0 Å². The Kier molecular flexibility index (Phi) is 6.36. The molecule has 0 aromatic carbocycles. The highest BCUT2D eigenvalue weighted by Gasteiger charge is 2.34. The summed E-state index contributed by atoms with van der Waals surface area (Å²) < 4.78 is 0. The molecule has 1 saturated carbocycles. The highest BCUT2D eigenvalue weighted by Crippen LogP contribution is 2.33. The average Bonchev–Trinajstić information content (AvgIpc) is 2.77. The number of piperidine rings is 1. The number of nitrogens with one attached hydrogen (secondary N) is 2. The van der Waals surface area contributed by atoms with Gasteiger partial charge in [0.1, 0.15) is 0 Å². The summed E-state index contributed by atoms with van der Waals surface area (Å²) in [6.07, 6.45) is 11.2. The first-order valence-corrected chi connectivity index (χ1v) is 8.73. The molecule has 2 saturated heterocycles. The molecule has 1 amide bonds. The van der Waals surface area contributed by atoms with Gasteiger partial charge in [0.25, 0.3) is 0 Å². The summed E-state index contributed by atoms with van der Waals surface area (Å²) in [5, 5.41) is 6.87. The zero-order chi connectivity index (χ0) is 13.9. The molecule has 3 rings (SSSR count). The van der Waals surface area contributed by atoms with Crippen LogP contribution in [0.1, 0.15) is 64.7 Å². The summed E-state index contributed by atoms with van der Waals surface area (Å²) in [4.78, 5) is 12.2. The van der Waals surface area contributed by atoms with E-state index < -0.39 is 0 Å². The van der Waals surface area contributed by atoms with Crippen LogP contribution < -0.4 is 10.6 Å². The fraction of sp³-hybridized carbons (Fsp3) is 0.941. The average molecular weight is 315 g/mol. The molecule has 1 aliphatic carbocycles. The molecule has 3 fully saturated rings. The zero-order valence-electron chi connectivity index (χ0n) is 13.3. The van der Waals surface area contributed by atoms with Crippen molar-refractivity contribution in [3.63, 3.8) is 0 Å². The Morgan fingerprint density at radius 1 is 1.10 bits per heavy atom. The summed E-state index contributed by atoms with van der Waals surface area (Å²) in [6.45, 7) is 3.26. The van der Waals surface area contributed by atoms with Crippen LogP contribution in [0.4, 0.5) is 0 Å². The van der Waals surface area contributed by atoms with Gasteiger partial charge in [0, 0.05) is 25.0 Å². The van der Waals surface area contributed by atoms with Crippen molar-refractivity contribution in [2.45, 2.75) is 76.8 Å². The second-order valence-electron chi connectivity index (χ2n) is 7.51. The predicted molar refractivity (Wildman–Crippen MR) is 88.7 cm³/mol. The van der Waals surface area contributed by atoms with Crippen molar-refractivity contribution < 1.29 is 4.79 Å². The minimum Gasteiger partial charge on any atom is -0.356 e. The largest absolute Gasteiger partial charge is 0.356 e. The van der Waals surface area contributed by atoms with Crippen LogP contribution in [0.15, 0.2) is 0 Å². The fourth-order valence-corrected chi connectivity index (χ4v) is 4.62. The van der Waals surface area contributed by atoms with E-state index in [1.807, 2.05) is 0 Å². The van der Waals surface area contributed by atoms with E-state index in [9.17, 15) is 4.79 Å². The van der Waals surface area contributed by atoms with E-state index in [0.717, 1.165) is 24.8 Å². The van der Waals surface area contributed by atoms with Crippen LogP contribution in [-0.4, -0.2) is 24.5 Å². The molecule has 0 aromatic rings. The lowest BCUT2D eigenvalue weighted by Gasteiger charge is -2.30. The lowest BCUT2D eigenvalue weighted by molar-refractivity contribution is -0.122. The van der Waals surface area contributed by atoms with Gasteiger partial charge in [-0.3, -0.25) is 4.79 Å². The number of rotatable bonds is 4. The van der Waals surface area contributed by atoms with Crippen molar-refractivity contribution in [2.75, 3.05) is 6.54 Å². The van der Waals surface area contributed by atoms with Crippen molar-refractivity contribution in [1.29, 1.82) is 0 Å². The van der Waals surface area contributed by atoms with Gasteiger partial charge in [-0.15, -0.1) is 12.4 Å². The van der Waals surface area contributed by atoms with Crippen LogP contribution in [0.5, 0.6) is 0 Å². The molecule has 0 spiro atoms. The monoisotopic (exact) mass is 314 g/mol. The van der Waals surface area contributed by atoms with Crippen molar-refractivity contribution >= 4 is 18.3 Å². The van der Waals surface area contributed by atoms with Gasteiger partial charge in [0.15, 0.2) is 0 Å². The Hall–Kier alpha value is -0.280. The SMILES string of the molecule is CC1CCCCC1CNC(=O)CC1CC2CCC(C1)N2.Cl. The molecular formula is C17H31ClN2O. The number of hydrogen-bond acceptors (Lipinski definition) is 2. The predicted octanol–water partition coefficient (Wildman–Crippen LogP) is 3.27. The highest BCUT2D eigenvalue weighted by molar-refractivity contribution is 5.85. The number of carbonyl (C=O) groups is 1. The Morgan fingerprint density at radius 2 is 1.76 bits per heavy atom. The van der Waals surface area contributed by atoms with Gasteiger partial charge in [-0.1, -0.05) is 26.2 Å².